The molecule has 2 nitrogen and oxygen atoms in total. The molecule has 0 fully saturated rings. The summed E-state index contributed by atoms with van der Waals surface area (Å²) in [4.78, 5) is 2.31. The van der Waals surface area contributed by atoms with Gasteiger partial charge in [0, 0.05) is 18.5 Å². The highest BCUT2D eigenvalue weighted by Crippen LogP contribution is 2.34. The molecule has 0 aliphatic heterocycles. The summed E-state index contributed by atoms with van der Waals surface area (Å²) in [6.45, 7) is 12.9. The average molecular weight is 263 g/mol. The van der Waals surface area contributed by atoms with Crippen molar-refractivity contribution in [3.63, 3.8) is 0 Å². The highest BCUT2D eigenvalue weighted by Gasteiger charge is 2.31. The highest BCUT2D eigenvalue weighted by atomic mass is 16.3. The van der Waals surface area contributed by atoms with Crippen molar-refractivity contribution in [2.75, 3.05) is 20.1 Å². The predicted octanol–water partition coefficient (Wildman–Crippen LogP) is 3.72. The Balaban J connectivity index is 2.70. The second-order valence-electron chi connectivity index (χ2n) is 7.53. The van der Waals surface area contributed by atoms with Gasteiger partial charge in [0.15, 0.2) is 0 Å². The molecule has 0 aliphatic carbocycles. The Morgan fingerprint density at radius 2 is 1.53 bits per heavy atom. The smallest absolute Gasteiger partial charge is 0.0853 e. The van der Waals surface area contributed by atoms with Crippen LogP contribution in [0.15, 0.2) is 30.3 Å². The molecule has 19 heavy (non-hydrogen) atoms. The molecule has 0 aliphatic rings. The normalized spacial score (nSPS) is 14.7. The summed E-state index contributed by atoms with van der Waals surface area (Å²) in [6, 6.07) is 9.93. The zero-order valence-corrected chi connectivity index (χ0v) is 13.3. The van der Waals surface area contributed by atoms with Crippen LogP contribution in [0.2, 0.25) is 0 Å². The zero-order valence-electron chi connectivity index (χ0n) is 13.3. The Morgan fingerprint density at radius 1 is 1.00 bits per heavy atom. The van der Waals surface area contributed by atoms with Gasteiger partial charge in [0.2, 0.25) is 0 Å². The Morgan fingerprint density at radius 3 is 2.00 bits per heavy atom. The Kier molecular flexibility index (Phi) is 5.17. The van der Waals surface area contributed by atoms with Gasteiger partial charge in [-0.3, -0.25) is 0 Å². The fourth-order valence-electron chi connectivity index (χ4n) is 2.73. The Hall–Kier alpha value is -0.860. The fraction of sp³-hybridized carbons (Fsp3) is 0.647. The minimum atomic E-state index is -0.434. The number of nitrogens with zero attached hydrogens (tertiary/aromatic N) is 1. The molecule has 0 saturated heterocycles. The number of hydrogen-bond donors (Lipinski definition) is 1. The van der Waals surface area contributed by atoms with E-state index in [-0.39, 0.29) is 10.8 Å². The minimum Gasteiger partial charge on any atom is -0.388 e. The summed E-state index contributed by atoms with van der Waals surface area (Å²) < 4.78 is 0. The van der Waals surface area contributed by atoms with Gasteiger partial charge in [0.25, 0.3) is 0 Å². The van der Waals surface area contributed by atoms with Crippen LogP contribution in [0.4, 0.5) is 0 Å². The van der Waals surface area contributed by atoms with E-state index in [0.29, 0.717) is 0 Å². The van der Waals surface area contributed by atoms with E-state index in [0.717, 1.165) is 18.7 Å². The first-order valence-electron chi connectivity index (χ1n) is 7.03. The topological polar surface area (TPSA) is 23.5 Å². The van der Waals surface area contributed by atoms with Crippen molar-refractivity contribution in [2.24, 2.45) is 10.8 Å². The van der Waals surface area contributed by atoms with Crippen molar-refractivity contribution in [3.8, 4) is 0 Å². The van der Waals surface area contributed by atoms with Crippen LogP contribution in [0, 0.1) is 10.8 Å². The first-order chi connectivity index (χ1) is 8.62. The molecule has 0 spiro atoms. The SMILES string of the molecule is CN(CC(C)(C)C)CC(C)(C)C(O)c1ccccc1. The van der Waals surface area contributed by atoms with Gasteiger partial charge in [0.05, 0.1) is 6.10 Å². The van der Waals surface area contributed by atoms with Gasteiger partial charge in [-0.25, -0.2) is 0 Å². The number of benzene rings is 1. The van der Waals surface area contributed by atoms with Gasteiger partial charge < -0.3 is 10.0 Å². The molecule has 2 heteroatoms. The number of aliphatic hydroxyl groups is 1. The van der Waals surface area contributed by atoms with E-state index >= 15 is 0 Å². The van der Waals surface area contributed by atoms with Crippen LogP contribution in [0.1, 0.15) is 46.3 Å². The van der Waals surface area contributed by atoms with E-state index < -0.39 is 6.10 Å². The molecule has 1 aromatic rings. The third kappa shape index (κ3) is 5.33. The van der Waals surface area contributed by atoms with Gasteiger partial charge in [-0.2, -0.15) is 0 Å². The quantitative estimate of drug-likeness (QED) is 0.875. The predicted molar refractivity (Wildman–Crippen MR) is 82.1 cm³/mol. The molecule has 0 amide bonds. The molecule has 0 aromatic heterocycles. The molecule has 1 aromatic carbocycles. The summed E-state index contributed by atoms with van der Waals surface area (Å²) in [5.41, 5.74) is 1.11. The maximum Gasteiger partial charge on any atom is 0.0853 e. The third-order valence-corrected chi connectivity index (χ3v) is 3.28. The lowest BCUT2D eigenvalue weighted by Gasteiger charge is -2.37. The standard InChI is InChI=1S/C17H29NO/c1-16(2,3)12-18(6)13-17(4,5)15(19)14-10-8-7-9-11-14/h7-11,15,19H,12-13H2,1-6H3. The summed E-state index contributed by atoms with van der Waals surface area (Å²) >= 11 is 0. The molecule has 1 atom stereocenters. The number of hydrogen-bond acceptors (Lipinski definition) is 2. The van der Waals surface area contributed by atoms with Crippen LogP contribution in [0.3, 0.4) is 0 Å². The summed E-state index contributed by atoms with van der Waals surface area (Å²) in [5, 5.41) is 10.6. The summed E-state index contributed by atoms with van der Waals surface area (Å²) in [7, 11) is 2.13. The summed E-state index contributed by atoms with van der Waals surface area (Å²) in [6.07, 6.45) is -0.434. The van der Waals surface area contributed by atoms with Crippen LogP contribution in [-0.4, -0.2) is 30.1 Å². The van der Waals surface area contributed by atoms with Crippen LogP contribution in [0.5, 0.6) is 0 Å². The highest BCUT2D eigenvalue weighted by molar-refractivity contribution is 5.19. The van der Waals surface area contributed by atoms with Crippen molar-refractivity contribution >= 4 is 0 Å². The largest absolute Gasteiger partial charge is 0.388 e. The van der Waals surface area contributed by atoms with E-state index in [1.165, 1.54) is 0 Å². The molecular formula is C17H29NO. The lowest BCUT2D eigenvalue weighted by atomic mass is 9.81. The van der Waals surface area contributed by atoms with Gasteiger partial charge in [0.1, 0.15) is 0 Å². The molecule has 0 heterocycles. The van der Waals surface area contributed by atoms with Crippen molar-refractivity contribution in [1.29, 1.82) is 0 Å². The fourth-order valence-corrected chi connectivity index (χ4v) is 2.73. The van der Waals surface area contributed by atoms with Crippen molar-refractivity contribution < 1.29 is 5.11 Å². The van der Waals surface area contributed by atoms with Gasteiger partial charge in [-0.1, -0.05) is 65.0 Å². The van der Waals surface area contributed by atoms with Gasteiger partial charge in [-0.05, 0) is 18.0 Å². The lowest BCUT2D eigenvalue weighted by Crippen LogP contribution is -2.39. The zero-order chi connectivity index (χ0) is 14.7. The first-order valence-corrected chi connectivity index (χ1v) is 7.03. The van der Waals surface area contributed by atoms with E-state index in [1.807, 2.05) is 30.3 Å². The maximum atomic E-state index is 10.6. The summed E-state index contributed by atoms with van der Waals surface area (Å²) in [5.74, 6) is 0. The van der Waals surface area contributed by atoms with Crippen LogP contribution in [0.25, 0.3) is 0 Å². The van der Waals surface area contributed by atoms with E-state index in [9.17, 15) is 5.11 Å². The monoisotopic (exact) mass is 263 g/mol. The van der Waals surface area contributed by atoms with E-state index in [2.05, 4.69) is 46.6 Å². The second-order valence-corrected chi connectivity index (χ2v) is 7.53. The van der Waals surface area contributed by atoms with Crippen LogP contribution in [-0.2, 0) is 0 Å². The second kappa shape index (κ2) is 6.06. The van der Waals surface area contributed by atoms with E-state index in [1.54, 1.807) is 0 Å². The molecular weight excluding hydrogens is 234 g/mol. The van der Waals surface area contributed by atoms with Gasteiger partial charge in [-0.15, -0.1) is 0 Å². The van der Waals surface area contributed by atoms with Gasteiger partial charge >= 0.3 is 0 Å². The minimum absolute atomic E-state index is 0.165. The molecule has 0 saturated carbocycles. The molecule has 108 valence electrons. The molecule has 1 N–H and O–H groups in total. The van der Waals surface area contributed by atoms with Crippen LogP contribution < -0.4 is 0 Å². The average Bonchev–Trinajstić information content (AvgIpc) is 2.25. The molecule has 1 rings (SSSR count). The Bertz CT molecular complexity index is 378. The Labute approximate surface area is 118 Å². The van der Waals surface area contributed by atoms with Crippen molar-refractivity contribution in [2.45, 2.75) is 40.7 Å². The number of aliphatic hydroxyl groups excluding tert-OH is 1. The number of rotatable bonds is 5. The molecule has 0 radical (unpaired) electrons. The maximum absolute atomic E-state index is 10.6. The third-order valence-electron chi connectivity index (χ3n) is 3.28. The van der Waals surface area contributed by atoms with Crippen molar-refractivity contribution in [3.05, 3.63) is 35.9 Å². The molecule has 1 unspecified atom stereocenters. The first kappa shape index (κ1) is 16.2. The lowest BCUT2D eigenvalue weighted by molar-refractivity contribution is 0.0198. The van der Waals surface area contributed by atoms with Crippen LogP contribution >= 0.6 is 0 Å². The van der Waals surface area contributed by atoms with E-state index in [4.69, 9.17) is 0 Å². The molecule has 0 bridgehead atoms. The van der Waals surface area contributed by atoms with Crippen molar-refractivity contribution in [1.82, 2.24) is 4.90 Å².